The van der Waals surface area contributed by atoms with Crippen molar-refractivity contribution in [1.82, 2.24) is 4.90 Å². The molecule has 0 amide bonds. The van der Waals surface area contributed by atoms with Crippen molar-refractivity contribution in [3.05, 3.63) is 0 Å². The Morgan fingerprint density at radius 1 is 1.47 bits per heavy atom. The molecular formula is C12H23NO2. The highest BCUT2D eigenvalue weighted by Crippen LogP contribution is 2.20. The number of carbonyl (C=O) groups excluding carboxylic acids is 1. The Kier molecular flexibility index (Phi) is 5.26. The number of likely N-dealkylation sites (N-methyl/N-ethyl adjacent to an activating group) is 1. The number of Topliss-reactive ketones (excluding diaryl/α,β-unsaturated/α-hetero) is 1. The van der Waals surface area contributed by atoms with E-state index in [1.54, 1.807) is 6.92 Å². The largest absolute Gasteiger partial charge is 0.392 e. The van der Waals surface area contributed by atoms with Crippen LogP contribution in [0.5, 0.6) is 0 Å². The molecule has 0 heterocycles. The van der Waals surface area contributed by atoms with Gasteiger partial charge in [0.25, 0.3) is 0 Å². The minimum atomic E-state index is -0.309. The Bertz CT molecular complexity index is 204. The number of aliphatic hydroxyl groups is 1. The Labute approximate surface area is 92.5 Å². The number of nitrogens with zero attached hydrogens (tertiary/aromatic N) is 1. The van der Waals surface area contributed by atoms with Crippen molar-refractivity contribution >= 4 is 5.78 Å². The Morgan fingerprint density at radius 3 is 2.87 bits per heavy atom. The van der Waals surface area contributed by atoms with Crippen LogP contribution in [-0.4, -0.2) is 42.0 Å². The van der Waals surface area contributed by atoms with E-state index in [0.717, 1.165) is 25.8 Å². The van der Waals surface area contributed by atoms with E-state index in [1.807, 2.05) is 7.05 Å². The van der Waals surface area contributed by atoms with E-state index in [0.29, 0.717) is 12.3 Å². The van der Waals surface area contributed by atoms with E-state index in [4.69, 9.17) is 0 Å². The van der Waals surface area contributed by atoms with Gasteiger partial charge in [-0.15, -0.1) is 0 Å². The van der Waals surface area contributed by atoms with Gasteiger partial charge in [-0.3, -0.25) is 4.79 Å². The average Bonchev–Trinajstić information content (AvgIpc) is 2.30. The normalized spacial score (nSPS) is 25.3. The highest BCUT2D eigenvalue weighted by Gasteiger charge is 2.22. The van der Waals surface area contributed by atoms with E-state index >= 15 is 0 Å². The molecule has 0 bridgehead atoms. The van der Waals surface area contributed by atoms with Crippen molar-refractivity contribution in [2.24, 2.45) is 5.92 Å². The van der Waals surface area contributed by atoms with Gasteiger partial charge >= 0.3 is 0 Å². The molecule has 0 saturated heterocycles. The van der Waals surface area contributed by atoms with Crippen LogP contribution in [0.2, 0.25) is 0 Å². The van der Waals surface area contributed by atoms with Crippen molar-refractivity contribution in [2.75, 3.05) is 20.1 Å². The zero-order valence-electron chi connectivity index (χ0n) is 9.91. The van der Waals surface area contributed by atoms with E-state index < -0.39 is 0 Å². The molecule has 0 aliphatic heterocycles. The number of hydrogen-bond donors (Lipinski definition) is 1. The van der Waals surface area contributed by atoms with Crippen molar-refractivity contribution in [2.45, 2.75) is 45.1 Å². The summed E-state index contributed by atoms with van der Waals surface area (Å²) in [6.45, 7) is 3.25. The van der Waals surface area contributed by atoms with E-state index in [-0.39, 0.29) is 12.0 Å². The lowest BCUT2D eigenvalue weighted by Crippen LogP contribution is -2.34. The van der Waals surface area contributed by atoms with Crippen molar-refractivity contribution in [3.8, 4) is 0 Å². The molecule has 1 rings (SSSR count). The van der Waals surface area contributed by atoms with Crippen LogP contribution in [0.4, 0.5) is 0 Å². The summed E-state index contributed by atoms with van der Waals surface area (Å²) in [6, 6.07) is 0. The minimum absolute atomic E-state index is 0.205. The molecular weight excluding hydrogens is 190 g/mol. The summed E-state index contributed by atoms with van der Waals surface area (Å²) in [6.07, 6.45) is 4.92. The number of aliphatic hydroxyl groups excluding tert-OH is 1. The molecule has 2 unspecified atom stereocenters. The molecule has 3 heteroatoms. The third-order valence-corrected chi connectivity index (χ3v) is 3.04. The van der Waals surface area contributed by atoms with Gasteiger partial charge in [-0.2, -0.15) is 0 Å². The van der Waals surface area contributed by atoms with Gasteiger partial charge in [0.15, 0.2) is 0 Å². The van der Waals surface area contributed by atoms with Gasteiger partial charge < -0.3 is 10.0 Å². The number of carbonyl (C=O) groups is 1. The van der Waals surface area contributed by atoms with Crippen LogP contribution >= 0.6 is 0 Å². The quantitative estimate of drug-likeness (QED) is 0.719. The fourth-order valence-electron chi connectivity index (χ4n) is 2.33. The molecule has 0 radical (unpaired) electrons. The van der Waals surface area contributed by atoms with Gasteiger partial charge in [0.05, 0.1) is 6.10 Å². The first kappa shape index (κ1) is 12.7. The second-order valence-electron chi connectivity index (χ2n) is 4.83. The summed E-state index contributed by atoms with van der Waals surface area (Å²) in [5, 5.41) is 9.25. The highest BCUT2D eigenvalue weighted by atomic mass is 16.3. The smallest absolute Gasteiger partial charge is 0.137 e. The Morgan fingerprint density at radius 2 is 2.20 bits per heavy atom. The van der Waals surface area contributed by atoms with Gasteiger partial charge in [-0.25, -0.2) is 0 Å². The van der Waals surface area contributed by atoms with Gasteiger partial charge in [-0.05, 0) is 26.8 Å². The van der Waals surface area contributed by atoms with Gasteiger partial charge in [-0.1, -0.05) is 12.8 Å². The maximum absolute atomic E-state index is 11.7. The topological polar surface area (TPSA) is 40.5 Å². The van der Waals surface area contributed by atoms with Crippen LogP contribution in [0.3, 0.4) is 0 Å². The van der Waals surface area contributed by atoms with Crippen LogP contribution in [-0.2, 0) is 4.79 Å². The summed E-state index contributed by atoms with van der Waals surface area (Å²) in [5.74, 6) is 0.626. The second kappa shape index (κ2) is 6.23. The first-order chi connectivity index (χ1) is 7.09. The SMILES string of the molecule is CC(O)CN(C)CC1CCCCCC1=O. The number of rotatable bonds is 4. The van der Waals surface area contributed by atoms with Crippen molar-refractivity contribution in [3.63, 3.8) is 0 Å². The summed E-state index contributed by atoms with van der Waals surface area (Å²) in [7, 11) is 1.98. The predicted octanol–water partition coefficient (Wildman–Crippen LogP) is 1.45. The summed E-state index contributed by atoms with van der Waals surface area (Å²) in [4.78, 5) is 13.8. The highest BCUT2D eigenvalue weighted by molar-refractivity contribution is 5.81. The van der Waals surface area contributed by atoms with Crippen LogP contribution < -0.4 is 0 Å². The van der Waals surface area contributed by atoms with Gasteiger partial charge in [0, 0.05) is 25.4 Å². The average molecular weight is 213 g/mol. The van der Waals surface area contributed by atoms with E-state index in [9.17, 15) is 9.90 Å². The standard InChI is InChI=1S/C12H23NO2/c1-10(14)8-13(2)9-11-6-4-3-5-7-12(11)15/h10-11,14H,3-9H2,1-2H3. The van der Waals surface area contributed by atoms with Crippen molar-refractivity contribution < 1.29 is 9.90 Å². The molecule has 1 aliphatic rings. The summed E-state index contributed by atoms with van der Waals surface area (Å²) in [5.41, 5.74) is 0. The minimum Gasteiger partial charge on any atom is -0.392 e. The predicted molar refractivity (Wildman–Crippen MR) is 60.8 cm³/mol. The lowest BCUT2D eigenvalue weighted by Gasteiger charge is -2.23. The van der Waals surface area contributed by atoms with Gasteiger partial charge in [0.1, 0.15) is 5.78 Å². The summed E-state index contributed by atoms with van der Waals surface area (Å²) < 4.78 is 0. The maximum atomic E-state index is 11.7. The fraction of sp³-hybridized carbons (Fsp3) is 0.917. The molecule has 0 spiro atoms. The van der Waals surface area contributed by atoms with E-state index in [2.05, 4.69) is 4.90 Å². The Hall–Kier alpha value is -0.410. The van der Waals surface area contributed by atoms with Crippen LogP contribution in [0.15, 0.2) is 0 Å². The van der Waals surface area contributed by atoms with Crippen LogP contribution in [0.25, 0.3) is 0 Å². The lowest BCUT2D eigenvalue weighted by molar-refractivity contribution is -0.123. The molecule has 1 N–H and O–H groups in total. The number of ketones is 1. The second-order valence-corrected chi connectivity index (χ2v) is 4.83. The third-order valence-electron chi connectivity index (χ3n) is 3.04. The fourth-order valence-corrected chi connectivity index (χ4v) is 2.33. The lowest BCUT2D eigenvalue weighted by atomic mass is 9.98. The van der Waals surface area contributed by atoms with Crippen molar-refractivity contribution in [1.29, 1.82) is 0 Å². The molecule has 1 fully saturated rings. The molecule has 15 heavy (non-hydrogen) atoms. The molecule has 0 aromatic carbocycles. The first-order valence-corrected chi connectivity index (χ1v) is 5.99. The monoisotopic (exact) mass is 213 g/mol. The van der Waals surface area contributed by atoms with Crippen LogP contribution in [0.1, 0.15) is 39.0 Å². The molecule has 0 aromatic heterocycles. The maximum Gasteiger partial charge on any atom is 0.137 e. The van der Waals surface area contributed by atoms with Crippen LogP contribution in [0, 0.1) is 5.92 Å². The molecule has 2 atom stereocenters. The molecule has 1 aliphatic carbocycles. The van der Waals surface area contributed by atoms with E-state index in [1.165, 1.54) is 12.8 Å². The summed E-state index contributed by atoms with van der Waals surface area (Å²) >= 11 is 0. The Balaban J connectivity index is 2.37. The zero-order valence-corrected chi connectivity index (χ0v) is 9.91. The molecule has 1 saturated carbocycles. The molecule has 0 aromatic rings. The number of hydrogen-bond acceptors (Lipinski definition) is 3. The third kappa shape index (κ3) is 4.76. The molecule has 88 valence electrons. The van der Waals surface area contributed by atoms with Gasteiger partial charge in [0.2, 0.25) is 0 Å². The zero-order chi connectivity index (χ0) is 11.3. The molecule has 3 nitrogen and oxygen atoms in total. The first-order valence-electron chi connectivity index (χ1n) is 5.99.